The van der Waals surface area contributed by atoms with Crippen LogP contribution in [0, 0.1) is 5.41 Å². The molecule has 0 aromatic heterocycles. The van der Waals surface area contributed by atoms with Gasteiger partial charge >= 0.3 is 0 Å². The molecule has 0 bridgehead atoms. The van der Waals surface area contributed by atoms with Gasteiger partial charge in [-0.2, -0.15) is 0 Å². The van der Waals surface area contributed by atoms with Gasteiger partial charge in [-0.25, -0.2) is 0 Å². The Balaban J connectivity index is 1.77. The minimum Gasteiger partial charge on any atom is -0.325 e. The van der Waals surface area contributed by atoms with Crippen molar-refractivity contribution in [3.05, 3.63) is 0 Å². The van der Waals surface area contributed by atoms with E-state index >= 15 is 0 Å². The summed E-state index contributed by atoms with van der Waals surface area (Å²) in [6.07, 6.45) is 9.17. The zero-order chi connectivity index (χ0) is 11.6. The summed E-state index contributed by atoms with van der Waals surface area (Å²) in [4.78, 5) is 2.64. The number of hydrogen-bond donors (Lipinski definition) is 1. The highest BCUT2D eigenvalue weighted by Crippen LogP contribution is 2.32. The largest absolute Gasteiger partial charge is 0.325 e. The van der Waals surface area contributed by atoms with Gasteiger partial charge in [-0.05, 0) is 50.6 Å². The van der Waals surface area contributed by atoms with Gasteiger partial charge in [0.2, 0.25) is 0 Å². The normalized spacial score (nSPS) is 29.4. The molecule has 0 radical (unpaired) electrons. The summed E-state index contributed by atoms with van der Waals surface area (Å²) in [6, 6.07) is 0. The van der Waals surface area contributed by atoms with Crippen molar-refractivity contribution in [2.75, 3.05) is 19.6 Å². The van der Waals surface area contributed by atoms with E-state index in [2.05, 4.69) is 18.7 Å². The summed E-state index contributed by atoms with van der Waals surface area (Å²) >= 11 is 0. The molecule has 0 aromatic rings. The molecule has 0 spiro atoms. The number of hydrogen-bond acceptors (Lipinski definition) is 2. The molecular formula is C14H28N2. The first-order valence-corrected chi connectivity index (χ1v) is 7.01. The van der Waals surface area contributed by atoms with Crippen LogP contribution in [0.4, 0.5) is 0 Å². The third kappa shape index (κ3) is 3.21. The Morgan fingerprint density at radius 1 is 1.06 bits per heavy atom. The molecule has 2 nitrogen and oxygen atoms in total. The van der Waals surface area contributed by atoms with Gasteiger partial charge in [0.1, 0.15) is 0 Å². The van der Waals surface area contributed by atoms with E-state index in [-0.39, 0.29) is 5.54 Å². The van der Waals surface area contributed by atoms with Crippen LogP contribution in [-0.4, -0.2) is 30.1 Å². The highest BCUT2D eigenvalue weighted by molar-refractivity contribution is 4.90. The average molecular weight is 224 g/mol. The lowest BCUT2D eigenvalue weighted by Gasteiger charge is -2.39. The predicted molar refractivity (Wildman–Crippen MR) is 69.5 cm³/mol. The zero-order valence-electron chi connectivity index (χ0n) is 11.1. The lowest BCUT2D eigenvalue weighted by molar-refractivity contribution is 0.109. The quantitative estimate of drug-likeness (QED) is 0.798. The monoisotopic (exact) mass is 224 g/mol. The van der Waals surface area contributed by atoms with Crippen molar-refractivity contribution in [2.45, 2.75) is 64.3 Å². The summed E-state index contributed by atoms with van der Waals surface area (Å²) in [7, 11) is 0. The summed E-state index contributed by atoms with van der Waals surface area (Å²) in [5.74, 6) is 0. The maximum absolute atomic E-state index is 6.42. The van der Waals surface area contributed by atoms with Crippen LogP contribution in [0.5, 0.6) is 0 Å². The molecule has 2 fully saturated rings. The smallest absolute Gasteiger partial charge is 0.0166 e. The molecule has 1 aliphatic heterocycles. The van der Waals surface area contributed by atoms with Gasteiger partial charge in [-0.1, -0.05) is 26.7 Å². The standard InChI is InChI=1S/C14H28N2/c1-13(2)6-5-10-16(12-13)11-9-14(15)7-3-4-8-14/h3-12,15H2,1-2H3. The van der Waals surface area contributed by atoms with Crippen molar-refractivity contribution in [1.29, 1.82) is 0 Å². The van der Waals surface area contributed by atoms with Crippen LogP contribution in [0.3, 0.4) is 0 Å². The molecular weight excluding hydrogens is 196 g/mol. The molecule has 1 heterocycles. The fraction of sp³-hybridized carbons (Fsp3) is 1.00. The molecule has 16 heavy (non-hydrogen) atoms. The molecule has 0 amide bonds. The van der Waals surface area contributed by atoms with E-state index in [9.17, 15) is 0 Å². The van der Waals surface area contributed by atoms with Crippen molar-refractivity contribution < 1.29 is 0 Å². The highest BCUT2D eigenvalue weighted by Gasteiger charge is 2.31. The van der Waals surface area contributed by atoms with E-state index < -0.39 is 0 Å². The second-order valence-corrected chi connectivity index (χ2v) is 6.86. The Bertz CT molecular complexity index is 229. The second kappa shape index (κ2) is 4.66. The first-order chi connectivity index (χ1) is 7.49. The number of likely N-dealkylation sites (tertiary alicyclic amines) is 1. The second-order valence-electron chi connectivity index (χ2n) is 6.86. The van der Waals surface area contributed by atoms with Gasteiger partial charge in [0.15, 0.2) is 0 Å². The maximum atomic E-state index is 6.42. The molecule has 1 aliphatic carbocycles. The molecule has 0 atom stereocenters. The van der Waals surface area contributed by atoms with Gasteiger partial charge in [0, 0.05) is 12.1 Å². The summed E-state index contributed by atoms with van der Waals surface area (Å²) in [5, 5.41) is 0. The van der Waals surface area contributed by atoms with Gasteiger partial charge in [0.25, 0.3) is 0 Å². The number of nitrogens with zero attached hydrogens (tertiary/aromatic N) is 1. The van der Waals surface area contributed by atoms with Crippen molar-refractivity contribution in [1.82, 2.24) is 4.90 Å². The van der Waals surface area contributed by atoms with Crippen LogP contribution < -0.4 is 5.73 Å². The number of rotatable bonds is 3. The van der Waals surface area contributed by atoms with Gasteiger partial charge < -0.3 is 10.6 Å². The molecule has 2 rings (SSSR count). The van der Waals surface area contributed by atoms with Gasteiger partial charge in [-0.3, -0.25) is 0 Å². The highest BCUT2D eigenvalue weighted by atomic mass is 15.1. The zero-order valence-corrected chi connectivity index (χ0v) is 11.1. The number of nitrogens with two attached hydrogens (primary N) is 1. The van der Waals surface area contributed by atoms with Gasteiger partial charge in [0.05, 0.1) is 0 Å². The Morgan fingerprint density at radius 2 is 1.75 bits per heavy atom. The topological polar surface area (TPSA) is 29.3 Å². The lowest BCUT2D eigenvalue weighted by Crippen LogP contribution is -2.45. The van der Waals surface area contributed by atoms with Crippen molar-refractivity contribution >= 4 is 0 Å². The summed E-state index contributed by atoms with van der Waals surface area (Å²) < 4.78 is 0. The summed E-state index contributed by atoms with van der Waals surface area (Å²) in [5.41, 5.74) is 7.12. The van der Waals surface area contributed by atoms with Crippen LogP contribution in [0.2, 0.25) is 0 Å². The van der Waals surface area contributed by atoms with Crippen LogP contribution in [-0.2, 0) is 0 Å². The summed E-state index contributed by atoms with van der Waals surface area (Å²) in [6.45, 7) is 8.57. The van der Waals surface area contributed by atoms with E-state index in [4.69, 9.17) is 5.73 Å². The minimum absolute atomic E-state index is 0.182. The molecule has 2 aliphatic rings. The van der Waals surface area contributed by atoms with Crippen LogP contribution >= 0.6 is 0 Å². The Morgan fingerprint density at radius 3 is 2.38 bits per heavy atom. The van der Waals surface area contributed by atoms with E-state index in [1.54, 1.807) is 0 Å². The minimum atomic E-state index is 0.182. The fourth-order valence-electron chi connectivity index (χ4n) is 3.45. The van der Waals surface area contributed by atoms with Gasteiger partial charge in [-0.15, -0.1) is 0 Å². The lowest BCUT2D eigenvalue weighted by atomic mass is 9.83. The molecule has 2 heteroatoms. The molecule has 1 saturated carbocycles. The molecule has 1 saturated heterocycles. The molecule has 94 valence electrons. The Labute approximate surface area is 101 Å². The molecule has 0 aromatic carbocycles. The first kappa shape index (κ1) is 12.4. The maximum Gasteiger partial charge on any atom is 0.0166 e. The van der Waals surface area contributed by atoms with E-state index in [0.29, 0.717) is 5.41 Å². The molecule has 0 unspecified atom stereocenters. The molecule has 2 N–H and O–H groups in total. The van der Waals surface area contributed by atoms with Crippen LogP contribution in [0.15, 0.2) is 0 Å². The van der Waals surface area contributed by atoms with Crippen LogP contribution in [0.1, 0.15) is 58.8 Å². The van der Waals surface area contributed by atoms with E-state index in [0.717, 1.165) is 0 Å². The van der Waals surface area contributed by atoms with Crippen LogP contribution in [0.25, 0.3) is 0 Å². The predicted octanol–water partition coefficient (Wildman–Crippen LogP) is 2.77. The van der Waals surface area contributed by atoms with E-state index in [1.807, 2.05) is 0 Å². The fourth-order valence-corrected chi connectivity index (χ4v) is 3.45. The average Bonchev–Trinajstić information content (AvgIpc) is 2.62. The third-order valence-corrected chi connectivity index (χ3v) is 4.50. The van der Waals surface area contributed by atoms with Crippen molar-refractivity contribution in [3.63, 3.8) is 0 Å². The number of piperidine rings is 1. The van der Waals surface area contributed by atoms with E-state index in [1.165, 1.54) is 64.6 Å². The van der Waals surface area contributed by atoms with Crippen molar-refractivity contribution in [2.24, 2.45) is 11.1 Å². The van der Waals surface area contributed by atoms with Crippen molar-refractivity contribution in [3.8, 4) is 0 Å². The SMILES string of the molecule is CC1(C)CCCN(CCC2(N)CCCC2)C1. The Hall–Kier alpha value is -0.0800. The third-order valence-electron chi connectivity index (χ3n) is 4.50. The Kier molecular flexibility index (Phi) is 3.60. The first-order valence-electron chi connectivity index (χ1n) is 7.01.